The number of nitrogens with one attached hydrogen (secondary N) is 2. The summed E-state index contributed by atoms with van der Waals surface area (Å²) in [5, 5.41) is 1.07. The topological polar surface area (TPSA) is 74.8 Å². The van der Waals surface area contributed by atoms with Crippen molar-refractivity contribution in [1.29, 1.82) is 0 Å². The number of sulfonamides is 1. The first-order chi connectivity index (χ1) is 10.5. The Kier molecular flexibility index (Phi) is 3.72. The van der Waals surface area contributed by atoms with Crippen LogP contribution in [-0.2, 0) is 16.4 Å². The molecule has 0 aliphatic heterocycles. The van der Waals surface area contributed by atoms with Crippen LogP contribution in [0.1, 0.15) is 12.5 Å². The first-order valence-corrected chi connectivity index (χ1v) is 8.53. The standard InChI is InChI=1S/C16H17N3O2S/c1-3-11-9-18-16-15(11)8-13(10-19-16)12-5-4-6-14(7-12)22(20,21)17-2/h4-10,17H,3H2,1-2H3,(H,18,19). The van der Waals surface area contributed by atoms with E-state index < -0.39 is 10.0 Å². The van der Waals surface area contributed by atoms with Crippen LogP contribution in [0.2, 0.25) is 0 Å². The molecule has 3 rings (SSSR count). The van der Waals surface area contributed by atoms with Gasteiger partial charge in [-0.05, 0) is 42.8 Å². The third kappa shape index (κ3) is 2.51. The molecule has 0 atom stereocenters. The minimum absolute atomic E-state index is 0.248. The summed E-state index contributed by atoms with van der Waals surface area (Å²) in [6.07, 6.45) is 4.63. The molecule has 2 aromatic heterocycles. The number of fused-ring (bicyclic) bond motifs is 1. The molecule has 0 unspecified atom stereocenters. The van der Waals surface area contributed by atoms with Gasteiger partial charge in [0.25, 0.3) is 0 Å². The maximum absolute atomic E-state index is 11.9. The van der Waals surface area contributed by atoms with Crippen molar-refractivity contribution in [3.05, 3.63) is 48.3 Å². The molecule has 0 amide bonds. The highest BCUT2D eigenvalue weighted by Crippen LogP contribution is 2.26. The van der Waals surface area contributed by atoms with Crippen molar-refractivity contribution in [3.63, 3.8) is 0 Å². The van der Waals surface area contributed by atoms with Gasteiger partial charge in [-0.3, -0.25) is 0 Å². The lowest BCUT2D eigenvalue weighted by Crippen LogP contribution is -2.18. The normalized spacial score (nSPS) is 11.9. The van der Waals surface area contributed by atoms with E-state index in [2.05, 4.69) is 21.6 Å². The third-order valence-corrected chi connectivity index (χ3v) is 5.16. The van der Waals surface area contributed by atoms with E-state index in [1.54, 1.807) is 24.4 Å². The van der Waals surface area contributed by atoms with Crippen LogP contribution in [0.3, 0.4) is 0 Å². The number of rotatable bonds is 4. The summed E-state index contributed by atoms with van der Waals surface area (Å²) in [6.45, 7) is 2.09. The Hall–Kier alpha value is -2.18. The van der Waals surface area contributed by atoms with Gasteiger partial charge in [-0.2, -0.15) is 0 Å². The average molecular weight is 315 g/mol. The number of hydrogen-bond donors (Lipinski definition) is 2. The maximum Gasteiger partial charge on any atom is 0.240 e. The molecule has 1 aromatic carbocycles. The zero-order valence-corrected chi connectivity index (χ0v) is 13.2. The van der Waals surface area contributed by atoms with Gasteiger partial charge < -0.3 is 4.98 Å². The monoisotopic (exact) mass is 315 g/mol. The van der Waals surface area contributed by atoms with Gasteiger partial charge in [0, 0.05) is 23.3 Å². The molecule has 0 aliphatic rings. The van der Waals surface area contributed by atoms with Crippen LogP contribution in [0.25, 0.3) is 22.2 Å². The van der Waals surface area contributed by atoms with Gasteiger partial charge in [0.15, 0.2) is 0 Å². The smallest absolute Gasteiger partial charge is 0.240 e. The van der Waals surface area contributed by atoms with Crippen molar-refractivity contribution in [2.45, 2.75) is 18.2 Å². The van der Waals surface area contributed by atoms with Crippen LogP contribution in [0.15, 0.2) is 47.6 Å². The molecule has 0 bridgehead atoms. The van der Waals surface area contributed by atoms with E-state index in [0.29, 0.717) is 0 Å². The SMILES string of the molecule is CCc1c[nH]c2ncc(-c3cccc(S(=O)(=O)NC)c3)cc12. The number of H-pyrrole nitrogens is 1. The predicted molar refractivity (Wildman–Crippen MR) is 87.2 cm³/mol. The molecule has 114 valence electrons. The van der Waals surface area contributed by atoms with Gasteiger partial charge in [-0.15, -0.1) is 0 Å². The number of aromatic nitrogens is 2. The van der Waals surface area contributed by atoms with Crippen molar-refractivity contribution in [2.24, 2.45) is 0 Å². The van der Waals surface area contributed by atoms with Crippen molar-refractivity contribution in [1.82, 2.24) is 14.7 Å². The number of nitrogens with zero attached hydrogens (tertiary/aromatic N) is 1. The van der Waals surface area contributed by atoms with E-state index >= 15 is 0 Å². The van der Waals surface area contributed by atoms with Crippen molar-refractivity contribution < 1.29 is 8.42 Å². The van der Waals surface area contributed by atoms with Gasteiger partial charge in [0.05, 0.1) is 4.90 Å². The Balaban J connectivity index is 2.13. The number of aromatic amines is 1. The molecule has 6 heteroatoms. The lowest BCUT2D eigenvalue weighted by atomic mass is 10.1. The van der Waals surface area contributed by atoms with E-state index in [-0.39, 0.29) is 4.90 Å². The summed E-state index contributed by atoms with van der Waals surface area (Å²) in [7, 11) is -2.04. The fourth-order valence-corrected chi connectivity index (χ4v) is 3.24. The van der Waals surface area contributed by atoms with Crippen molar-refractivity contribution in [3.8, 4) is 11.1 Å². The molecule has 3 aromatic rings. The molecule has 0 aliphatic carbocycles. The fraction of sp³-hybridized carbons (Fsp3) is 0.188. The molecule has 0 fully saturated rings. The van der Waals surface area contributed by atoms with Gasteiger partial charge in [0.1, 0.15) is 5.65 Å². The molecular weight excluding hydrogens is 298 g/mol. The zero-order valence-electron chi connectivity index (χ0n) is 12.4. The van der Waals surface area contributed by atoms with Gasteiger partial charge in [-0.1, -0.05) is 19.1 Å². The molecule has 5 nitrogen and oxygen atoms in total. The summed E-state index contributed by atoms with van der Waals surface area (Å²) in [5.41, 5.74) is 3.77. The first-order valence-electron chi connectivity index (χ1n) is 7.05. The highest BCUT2D eigenvalue weighted by molar-refractivity contribution is 7.89. The largest absolute Gasteiger partial charge is 0.346 e. The second kappa shape index (κ2) is 5.55. The summed E-state index contributed by atoms with van der Waals surface area (Å²) >= 11 is 0. The van der Waals surface area contributed by atoms with Crippen LogP contribution in [0.4, 0.5) is 0 Å². The van der Waals surface area contributed by atoms with Gasteiger partial charge in [-0.25, -0.2) is 18.1 Å². The van der Waals surface area contributed by atoms with Crippen LogP contribution in [-0.4, -0.2) is 25.4 Å². The van der Waals surface area contributed by atoms with Gasteiger partial charge >= 0.3 is 0 Å². The molecule has 0 radical (unpaired) electrons. The lowest BCUT2D eigenvalue weighted by Gasteiger charge is -2.06. The molecule has 2 heterocycles. The molecular formula is C16H17N3O2S. The van der Waals surface area contributed by atoms with E-state index in [4.69, 9.17) is 0 Å². The Morgan fingerprint density at radius 3 is 2.77 bits per heavy atom. The Morgan fingerprint density at radius 2 is 2.05 bits per heavy atom. The second-order valence-corrected chi connectivity index (χ2v) is 6.91. The Bertz CT molecular complexity index is 929. The quantitative estimate of drug-likeness (QED) is 0.777. The first kappa shape index (κ1) is 14.7. The van der Waals surface area contributed by atoms with E-state index in [1.165, 1.54) is 12.6 Å². The van der Waals surface area contributed by atoms with Crippen LogP contribution in [0.5, 0.6) is 0 Å². The fourth-order valence-electron chi connectivity index (χ4n) is 2.47. The van der Waals surface area contributed by atoms with E-state index in [9.17, 15) is 8.42 Å². The van der Waals surface area contributed by atoms with Crippen LogP contribution < -0.4 is 4.72 Å². The van der Waals surface area contributed by atoms with E-state index in [0.717, 1.165) is 28.6 Å². The summed E-state index contributed by atoms with van der Waals surface area (Å²) in [5.74, 6) is 0. The molecule has 0 saturated heterocycles. The maximum atomic E-state index is 11.9. The van der Waals surface area contributed by atoms with Crippen molar-refractivity contribution >= 4 is 21.1 Å². The predicted octanol–water partition coefficient (Wildman–Crippen LogP) is 2.70. The second-order valence-electron chi connectivity index (χ2n) is 5.02. The third-order valence-electron chi connectivity index (χ3n) is 3.74. The van der Waals surface area contributed by atoms with Gasteiger partial charge in [0.2, 0.25) is 10.0 Å². The number of aryl methyl sites for hydroxylation is 1. The summed E-state index contributed by atoms with van der Waals surface area (Å²) in [4.78, 5) is 7.81. The highest BCUT2D eigenvalue weighted by Gasteiger charge is 2.13. The summed E-state index contributed by atoms with van der Waals surface area (Å²) < 4.78 is 26.2. The summed E-state index contributed by atoms with van der Waals surface area (Å²) in [6, 6.07) is 8.90. The Morgan fingerprint density at radius 1 is 1.23 bits per heavy atom. The molecule has 0 spiro atoms. The van der Waals surface area contributed by atoms with Crippen LogP contribution >= 0.6 is 0 Å². The Labute approximate surface area is 129 Å². The van der Waals surface area contributed by atoms with E-state index in [1.807, 2.05) is 18.3 Å². The molecule has 2 N–H and O–H groups in total. The molecule has 0 saturated carbocycles. The molecule has 22 heavy (non-hydrogen) atoms. The number of hydrogen-bond acceptors (Lipinski definition) is 3. The minimum Gasteiger partial charge on any atom is -0.346 e. The van der Waals surface area contributed by atoms with Crippen molar-refractivity contribution in [2.75, 3.05) is 7.05 Å². The number of pyridine rings is 1. The highest BCUT2D eigenvalue weighted by atomic mass is 32.2. The minimum atomic E-state index is -3.45. The average Bonchev–Trinajstić information content (AvgIpc) is 2.97. The zero-order chi connectivity index (χ0) is 15.7. The van der Waals surface area contributed by atoms with Crippen LogP contribution in [0, 0.1) is 0 Å². The lowest BCUT2D eigenvalue weighted by molar-refractivity contribution is 0.588. The number of benzene rings is 1.